The Hall–Kier alpha value is 0.110. The van der Waals surface area contributed by atoms with Gasteiger partial charge in [0.2, 0.25) is 0 Å². The van der Waals surface area contributed by atoms with Gasteiger partial charge in [0, 0.05) is 5.75 Å². The van der Waals surface area contributed by atoms with Crippen LogP contribution in [0, 0.1) is 5.92 Å². The molecule has 0 spiro atoms. The molecule has 3 heteroatoms. The zero-order valence-corrected chi connectivity index (χ0v) is 6.32. The molecule has 1 saturated carbocycles. The van der Waals surface area contributed by atoms with Gasteiger partial charge in [-0.2, -0.15) is 0 Å². The highest BCUT2D eigenvalue weighted by atomic mass is 32.2. The van der Waals surface area contributed by atoms with Crippen LogP contribution in [0.1, 0.15) is 25.7 Å². The molecule has 1 atom stereocenters. The maximum absolute atomic E-state index is 10.5. The normalized spacial score (nSPS) is 24.6. The third-order valence-corrected chi connectivity index (χ3v) is 2.67. The van der Waals surface area contributed by atoms with Gasteiger partial charge in [0.25, 0.3) is 0 Å². The molecule has 0 aromatic heterocycles. The van der Waals surface area contributed by atoms with Gasteiger partial charge in [-0.25, -0.2) is 4.21 Å². The van der Waals surface area contributed by atoms with Crippen molar-refractivity contribution in [2.45, 2.75) is 25.7 Å². The van der Waals surface area contributed by atoms with Crippen LogP contribution in [0.4, 0.5) is 0 Å². The summed E-state index contributed by atoms with van der Waals surface area (Å²) in [6.45, 7) is 0. The Morgan fingerprint density at radius 3 is 2.44 bits per heavy atom. The fourth-order valence-electron chi connectivity index (χ4n) is 1.41. The van der Waals surface area contributed by atoms with Gasteiger partial charge in [-0.05, 0) is 18.8 Å². The van der Waals surface area contributed by atoms with Gasteiger partial charge in [-0.3, -0.25) is 5.14 Å². The first-order valence-electron chi connectivity index (χ1n) is 3.42. The van der Waals surface area contributed by atoms with Crippen molar-refractivity contribution in [1.82, 2.24) is 0 Å². The van der Waals surface area contributed by atoms with Crippen LogP contribution in [-0.4, -0.2) is 9.96 Å². The van der Waals surface area contributed by atoms with E-state index >= 15 is 0 Å². The number of hydrogen-bond acceptors (Lipinski definition) is 1. The molecule has 1 fully saturated rings. The Kier molecular flexibility index (Phi) is 2.66. The molecule has 0 bridgehead atoms. The topological polar surface area (TPSA) is 43.1 Å². The molecule has 1 aliphatic rings. The second-order valence-electron chi connectivity index (χ2n) is 2.70. The van der Waals surface area contributed by atoms with Crippen LogP contribution < -0.4 is 5.14 Å². The van der Waals surface area contributed by atoms with E-state index < -0.39 is 11.0 Å². The van der Waals surface area contributed by atoms with Gasteiger partial charge >= 0.3 is 0 Å². The summed E-state index contributed by atoms with van der Waals surface area (Å²) in [5.41, 5.74) is 0. The van der Waals surface area contributed by atoms with E-state index in [1.165, 1.54) is 25.7 Å². The third kappa shape index (κ3) is 2.45. The average Bonchev–Trinajstić information content (AvgIpc) is 2.15. The molecule has 1 aliphatic carbocycles. The van der Waals surface area contributed by atoms with Gasteiger partial charge in [0.05, 0.1) is 11.0 Å². The van der Waals surface area contributed by atoms with Crippen molar-refractivity contribution in [3.8, 4) is 0 Å². The number of hydrogen-bond donors (Lipinski definition) is 1. The second kappa shape index (κ2) is 3.32. The molecule has 2 nitrogen and oxygen atoms in total. The molecule has 0 radical (unpaired) electrons. The lowest BCUT2D eigenvalue weighted by Gasteiger charge is -2.03. The minimum atomic E-state index is -1.06. The molecule has 0 aliphatic heterocycles. The highest BCUT2D eigenvalue weighted by Gasteiger charge is 2.15. The first kappa shape index (κ1) is 7.22. The van der Waals surface area contributed by atoms with Crippen LogP contribution in [0.3, 0.4) is 0 Å². The highest BCUT2D eigenvalue weighted by molar-refractivity contribution is 7.82. The SMILES string of the molecule is N[S@](=O)CC1CCCC1. The van der Waals surface area contributed by atoms with E-state index in [1.54, 1.807) is 0 Å². The summed E-state index contributed by atoms with van der Waals surface area (Å²) in [4.78, 5) is 0. The number of rotatable bonds is 2. The van der Waals surface area contributed by atoms with Gasteiger partial charge in [-0.15, -0.1) is 0 Å². The van der Waals surface area contributed by atoms with Crippen LogP contribution in [0.25, 0.3) is 0 Å². The van der Waals surface area contributed by atoms with E-state index in [9.17, 15) is 4.21 Å². The monoisotopic (exact) mass is 147 g/mol. The maximum atomic E-state index is 10.5. The molecular weight excluding hydrogens is 134 g/mol. The minimum absolute atomic E-state index is 0.663. The summed E-state index contributed by atoms with van der Waals surface area (Å²) in [6.07, 6.45) is 5.09. The van der Waals surface area contributed by atoms with Crippen molar-refractivity contribution in [2.75, 3.05) is 5.75 Å². The fourth-order valence-corrected chi connectivity index (χ4v) is 2.21. The first-order chi connectivity index (χ1) is 4.29. The first-order valence-corrected chi connectivity index (χ1v) is 4.80. The smallest absolute Gasteiger partial charge is 0.0890 e. The van der Waals surface area contributed by atoms with Crippen LogP contribution in [0.5, 0.6) is 0 Å². The van der Waals surface area contributed by atoms with E-state index in [1.807, 2.05) is 0 Å². The Morgan fingerprint density at radius 1 is 1.44 bits per heavy atom. The Balaban J connectivity index is 2.19. The highest BCUT2D eigenvalue weighted by Crippen LogP contribution is 2.24. The molecule has 9 heavy (non-hydrogen) atoms. The van der Waals surface area contributed by atoms with Crippen LogP contribution in [0.15, 0.2) is 0 Å². The summed E-state index contributed by atoms with van der Waals surface area (Å²) in [5.74, 6) is 1.39. The minimum Gasteiger partial charge on any atom is -0.252 e. The second-order valence-corrected chi connectivity index (χ2v) is 3.79. The van der Waals surface area contributed by atoms with Crippen molar-refractivity contribution in [1.29, 1.82) is 0 Å². The van der Waals surface area contributed by atoms with Crippen LogP contribution >= 0.6 is 0 Å². The van der Waals surface area contributed by atoms with Gasteiger partial charge in [-0.1, -0.05) is 12.8 Å². The van der Waals surface area contributed by atoms with Gasteiger partial charge in [0.15, 0.2) is 0 Å². The lowest BCUT2D eigenvalue weighted by atomic mass is 10.1. The molecule has 0 aromatic rings. The molecule has 0 saturated heterocycles. The van der Waals surface area contributed by atoms with E-state index in [2.05, 4.69) is 0 Å². The van der Waals surface area contributed by atoms with Crippen molar-refractivity contribution >= 4 is 11.0 Å². The summed E-state index contributed by atoms with van der Waals surface area (Å²) in [6, 6.07) is 0. The van der Waals surface area contributed by atoms with Crippen molar-refractivity contribution in [3.05, 3.63) is 0 Å². The van der Waals surface area contributed by atoms with Crippen molar-refractivity contribution in [2.24, 2.45) is 11.1 Å². The predicted molar refractivity (Wildman–Crippen MR) is 39.2 cm³/mol. The zero-order chi connectivity index (χ0) is 6.69. The third-order valence-electron chi connectivity index (χ3n) is 1.87. The van der Waals surface area contributed by atoms with E-state index in [-0.39, 0.29) is 0 Å². The summed E-state index contributed by atoms with van der Waals surface area (Å²) in [5, 5.41) is 5.14. The van der Waals surface area contributed by atoms with E-state index in [0.717, 1.165) is 5.75 Å². The fraction of sp³-hybridized carbons (Fsp3) is 1.00. The number of nitrogens with two attached hydrogens (primary N) is 1. The molecule has 2 N–H and O–H groups in total. The van der Waals surface area contributed by atoms with Crippen LogP contribution in [-0.2, 0) is 11.0 Å². The van der Waals surface area contributed by atoms with Crippen molar-refractivity contribution in [3.63, 3.8) is 0 Å². The van der Waals surface area contributed by atoms with Crippen molar-refractivity contribution < 1.29 is 4.21 Å². The van der Waals surface area contributed by atoms with Gasteiger partial charge in [0.1, 0.15) is 0 Å². The largest absolute Gasteiger partial charge is 0.252 e. The summed E-state index contributed by atoms with van der Waals surface area (Å²) in [7, 11) is -1.06. The Labute approximate surface area is 58.4 Å². The Bertz CT molecular complexity index is 110. The Morgan fingerprint density at radius 2 is 2.00 bits per heavy atom. The van der Waals surface area contributed by atoms with Gasteiger partial charge < -0.3 is 0 Å². The molecule has 0 unspecified atom stereocenters. The molecular formula is C6H13NOS. The molecule has 0 amide bonds. The van der Waals surface area contributed by atoms with E-state index in [0.29, 0.717) is 5.92 Å². The standard InChI is InChI=1S/C6H13NOS/c7-9(8)5-6-3-1-2-4-6/h6H,1-5,7H2/t9-/m1/s1. The summed E-state index contributed by atoms with van der Waals surface area (Å²) >= 11 is 0. The lowest BCUT2D eigenvalue weighted by Crippen LogP contribution is -2.13. The molecule has 54 valence electrons. The average molecular weight is 147 g/mol. The quantitative estimate of drug-likeness (QED) is 0.617. The van der Waals surface area contributed by atoms with E-state index in [4.69, 9.17) is 5.14 Å². The molecule has 1 rings (SSSR count). The molecule has 0 aromatic carbocycles. The predicted octanol–water partition coefficient (Wildman–Crippen LogP) is 0.799. The maximum Gasteiger partial charge on any atom is 0.0890 e. The molecule has 0 heterocycles. The van der Waals surface area contributed by atoms with Crippen LogP contribution in [0.2, 0.25) is 0 Å². The lowest BCUT2D eigenvalue weighted by molar-refractivity contribution is 0.605. The zero-order valence-electron chi connectivity index (χ0n) is 5.51. The summed E-state index contributed by atoms with van der Waals surface area (Å²) < 4.78 is 10.5.